The van der Waals surface area contributed by atoms with Crippen LogP contribution in [0.3, 0.4) is 0 Å². The van der Waals surface area contributed by atoms with E-state index in [4.69, 9.17) is 11.6 Å². The summed E-state index contributed by atoms with van der Waals surface area (Å²) in [6.45, 7) is 6.16. The molecule has 1 heterocycles. The maximum Gasteiger partial charge on any atom is 0.229 e. The van der Waals surface area contributed by atoms with Gasteiger partial charge in [-0.25, -0.2) is 0 Å². The number of anilines is 1. The molecule has 1 atom stereocenters. The van der Waals surface area contributed by atoms with Gasteiger partial charge in [0.05, 0.1) is 28.9 Å². The van der Waals surface area contributed by atoms with Gasteiger partial charge in [0.15, 0.2) is 0 Å². The molecule has 0 saturated carbocycles. The average molecular weight is 292 g/mol. The van der Waals surface area contributed by atoms with Crippen molar-refractivity contribution in [2.24, 2.45) is 5.92 Å². The van der Waals surface area contributed by atoms with E-state index in [1.807, 2.05) is 51.1 Å². The first-order valence-electron chi connectivity index (χ1n) is 6.54. The Hall–Kier alpha value is -1.81. The Morgan fingerprint density at radius 1 is 1.35 bits per heavy atom. The summed E-state index contributed by atoms with van der Waals surface area (Å²) in [6, 6.07) is 9.43. The lowest BCUT2D eigenvalue weighted by Crippen LogP contribution is -2.25. The summed E-state index contributed by atoms with van der Waals surface area (Å²) in [5, 5.41) is 7.90. The largest absolute Gasteiger partial charge is 0.326 e. The van der Waals surface area contributed by atoms with Gasteiger partial charge in [-0.05, 0) is 26.0 Å². The number of aryl methyl sites for hydroxylation is 1. The van der Waals surface area contributed by atoms with E-state index in [1.54, 1.807) is 4.68 Å². The van der Waals surface area contributed by atoms with E-state index in [1.165, 1.54) is 0 Å². The van der Waals surface area contributed by atoms with E-state index in [0.717, 1.165) is 17.1 Å². The van der Waals surface area contributed by atoms with Crippen LogP contribution in [0.2, 0.25) is 5.02 Å². The second-order valence-corrected chi connectivity index (χ2v) is 5.30. The smallest absolute Gasteiger partial charge is 0.229 e. The maximum absolute atomic E-state index is 12.1. The molecular weight excluding hydrogens is 274 g/mol. The van der Waals surface area contributed by atoms with Gasteiger partial charge in [-0.15, -0.1) is 0 Å². The van der Waals surface area contributed by atoms with Crippen molar-refractivity contribution in [3.63, 3.8) is 0 Å². The standard InChI is InChI=1S/C15H18ClN3O/c1-10(9-19-12(3)14(16)11(2)18-19)15(20)17-13-7-5-4-6-8-13/h4-8,10H,9H2,1-3H3,(H,17,20). The molecule has 2 aromatic rings. The molecule has 5 heteroatoms. The number of hydrogen-bond acceptors (Lipinski definition) is 2. The number of hydrogen-bond donors (Lipinski definition) is 1. The van der Waals surface area contributed by atoms with E-state index in [-0.39, 0.29) is 11.8 Å². The number of halogens is 1. The van der Waals surface area contributed by atoms with Crippen molar-refractivity contribution >= 4 is 23.2 Å². The SMILES string of the molecule is Cc1nn(CC(C)C(=O)Nc2ccccc2)c(C)c1Cl. The highest BCUT2D eigenvalue weighted by Gasteiger charge is 2.17. The van der Waals surface area contributed by atoms with Crippen LogP contribution in [0.4, 0.5) is 5.69 Å². The zero-order valence-corrected chi connectivity index (χ0v) is 12.6. The number of carbonyl (C=O) groups is 1. The normalized spacial score (nSPS) is 12.2. The van der Waals surface area contributed by atoms with Gasteiger partial charge in [-0.2, -0.15) is 5.10 Å². The molecule has 0 radical (unpaired) electrons. The Labute approximate surface area is 123 Å². The summed E-state index contributed by atoms with van der Waals surface area (Å²) in [7, 11) is 0. The molecule has 2 rings (SSSR count). The van der Waals surface area contributed by atoms with E-state index in [0.29, 0.717) is 11.6 Å². The zero-order chi connectivity index (χ0) is 14.7. The zero-order valence-electron chi connectivity index (χ0n) is 11.9. The summed E-state index contributed by atoms with van der Waals surface area (Å²) < 4.78 is 1.78. The number of benzene rings is 1. The molecule has 1 aromatic heterocycles. The molecule has 4 nitrogen and oxygen atoms in total. The molecule has 0 spiro atoms. The molecule has 0 fully saturated rings. The number of para-hydroxylation sites is 1. The van der Waals surface area contributed by atoms with Gasteiger partial charge < -0.3 is 5.32 Å². The lowest BCUT2D eigenvalue weighted by molar-refractivity contribution is -0.119. The van der Waals surface area contributed by atoms with Crippen molar-refractivity contribution < 1.29 is 4.79 Å². The second-order valence-electron chi connectivity index (χ2n) is 4.92. The fraction of sp³-hybridized carbons (Fsp3) is 0.333. The molecule has 1 amide bonds. The lowest BCUT2D eigenvalue weighted by Gasteiger charge is -2.13. The summed E-state index contributed by atoms with van der Waals surface area (Å²) in [6.07, 6.45) is 0. The van der Waals surface area contributed by atoms with Gasteiger partial charge in [-0.3, -0.25) is 9.48 Å². The second kappa shape index (κ2) is 6.09. The van der Waals surface area contributed by atoms with Crippen LogP contribution >= 0.6 is 11.6 Å². The molecule has 0 aliphatic heterocycles. The first kappa shape index (κ1) is 14.6. The van der Waals surface area contributed by atoms with E-state index < -0.39 is 0 Å². The number of aromatic nitrogens is 2. The van der Waals surface area contributed by atoms with Crippen LogP contribution in [-0.2, 0) is 11.3 Å². The van der Waals surface area contributed by atoms with Gasteiger partial charge in [0.1, 0.15) is 0 Å². The minimum Gasteiger partial charge on any atom is -0.326 e. The van der Waals surface area contributed by atoms with E-state index in [9.17, 15) is 4.79 Å². The monoisotopic (exact) mass is 291 g/mol. The first-order chi connectivity index (χ1) is 9.49. The highest BCUT2D eigenvalue weighted by molar-refractivity contribution is 6.31. The van der Waals surface area contributed by atoms with E-state index >= 15 is 0 Å². The third-order valence-corrected chi connectivity index (χ3v) is 3.78. The molecule has 106 valence electrons. The predicted octanol–water partition coefficient (Wildman–Crippen LogP) is 3.43. The highest BCUT2D eigenvalue weighted by Crippen LogP contribution is 2.20. The fourth-order valence-corrected chi connectivity index (χ4v) is 2.12. The highest BCUT2D eigenvalue weighted by atomic mass is 35.5. The van der Waals surface area contributed by atoms with Crippen LogP contribution < -0.4 is 5.32 Å². The Morgan fingerprint density at radius 2 is 2.00 bits per heavy atom. The van der Waals surface area contributed by atoms with Crippen molar-refractivity contribution in [1.29, 1.82) is 0 Å². The van der Waals surface area contributed by atoms with Crippen LogP contribution in [0, 0.1) is 19.8 Å². The molecule has 0 saturated heterocycles. The van der Waals surface area contributed by atoms with Crippen LogP contribution in [0.15, 0.2) is 30.3 Å². The number of carbonyl (C=O) groups excluding carboxylic acids is 1. The fourth-order valence-electron chi connectivity index (χ4n) is 1.98. The molecule has 1 aromatic carbocycles. The van der Waals surface area contributed by atoms with Crippen molar-refractivity contribution in [3.05, 3.63) is 46.7 Å². The molecular formula is C15H18ClN3O. The summed E-state index contributed by atoms with van der Waals surface area (Å²) in [5.41, 5.74) is 2.49. The van der Waals surface area contributed by atoms with Gasteiger partial charge in [0.25, 0.3) is 0 Å². The van der Waals surface area contributed by atoms with Crippen molar-refractivity contribution in [2.75, 3.05) is 5.32 Å². The average Bonchev–Trinajstić information content (AvgIpc) is 2.67. The molecule has 0 bridgehead atoms. The minimum atomic E-state index is -0.190. The van der Waals surface area contributed by atoms with Crippen LogP contribution in [0.5, 0.6) is 0 Å². The Kier molecular flexibility index (Phi) is 4.45. The molecule has 20 heavy (non-hydrogen) atoms. The van der Waals surface area contributed by atoms with Crippen LogP contribution in [0.1, 0.15) is 18.3 Å². The lowest BCUT2D eigenvalue weighted by atomic mass is 10.1. The Balaban J connectivity index is 2.02. The number of amides is 1. The topological polar surface area (TPSA) is 46.9 Å². The van der Waals surface area contributed by atoms with Gasteiger partial charge in [0.2, 0.25) is 5.91 Å². The van der Waals surface area contributed by atoms with Crippen molar-refractivity contribution in [1.82, 2.24) is 9.78 Å². The van der Waals surface area contributed by atoms with E-state index in [2.05, 4.69) is 10.4 Å². The molecule has 1 unspecified atom stereocenters. The molecule has 1 N–H and O–H groups in total. The maximum atomic E-state index is 12.1. The molecule has 0 aliphatic rings. The molecule has 0 aliphatic carbocycles. The predicted molar refractivity (Wildman–Crippen MR) is 80.9 cm³/mol. The summed E-state index contributed by atoms with van der Waals surface area (Å²) in [5.74, 6) is -0.218. The van der Waals surface area contributed by atoms with Gasteiger partial charge in [0, 0.05) is 5.69 Å². The summed E-state index contributed by atoms with van der Waals surface area (Å²) in [4.78, 5) is 12.1. The minimum absolute atomic E-state index is 0.0279. The number of nitrogens with one attached hydrogen (secondary N) is 1. The number of rotatable bonds is 4. The van der Waals surface area contributed by atoms with Gasteiger partial charge in [-0.1, -0.05) is 36.7 Å². The van der Waals surface area contributed by atoms with Gasteiger partial charge >= 0.3 is 0 Å². The van der Waals surface area contributed by atoms with Crippen LogP contribution in [-0.4, -0.2) is 15.7 Å². The number of nitrogens with zero attached hydrogens (tertiary/aromatic N) is 2. The van der Waals surface area contributed by atoms with Crippen molar-refractivity contribution in [3.8, 4) is 0 Å². The summed E-state index contributed by atoms with van der Waals surface area (Å²) >= 11 is 6.11. The quantitative estimate of drug-likeness (QED) is 0.938. The third-order valence-electron chi connectivity index (χ3n) is 3.23. The Morgan fingerprint density at radius 3 is 2.55 bits per heavy atom. The Bertz CT molecular complexity index is 607. The van der Waals surface area contributed by atoms with Crippen molar-refractivity contribution in [2.45, 2.75) is 27.3 Å². The first-order valence-corrected chi connectivity index (χ1v) is 6.92. The van der Waals surface area contributed by atoms with Crippen LogP contribution in [0.25, 0.3) is 0 Å². The third kappa shape index (κ3) is 3.20.